The molecule has 0 fully saturated rings. The molecule has 0 bridgehead atoms. The molecule has 0 aliphatic rings. The Balaban J connectivity index is 2.88. The summed E-state index contributed by atoms with van der Waals surface area (Å²) >= 11 is 0. The summed E-state index contributed by atoms with van der Waals surface area (Å²) in [5.41, 5.74) is 0.254. The van der Waals surface area contributed by atoms with Gasteiger partial charge >= 0.3 is 0 Å². The van der Waals surface area contributed by atoms with Gasteiger partial charge in [-0.25, -0.2) is 0 Å². The molecule has 0 aliphatic carbocycles. The molecule has 0 spiro atoms. The van der Waals surface area contributed by atoms with Gasteiger partial charge in [-0.05, 0) is 6.07 Å². The zero-order valence-corrected chi connectivity index (χ0v) is 7.01. The summed E-state index contributed by atoms with van der Waals surface area (Å²) in [5, 5.41) is 6.35. The van der Waals surface area contributed by atoms with Gasteiger partial charge < -0.3 is 0 Å². The molecule has 0 aliphatic heterocycles. The maximum absolute atomic E-state index is 11.5. The number of carbonyl (C=O) groups excluding carboxylic acids is 1. The van der Waals surface area contributed by atoms with Crippen LogP contribution in [0.25, 0.3) is 0 Å². The molecule has 0 radical (unpaired) electrons. The van der Waals surface area contributed by atoms with Crippen LogP contribution in [0.2, 0.25) is 0 Å². The lowest BCUT2D eigenvalue weighted by Crippen LogP contribution is -2.20. The molecule has 1 rings (SSSR count). The number of hydrogen-bond acceptors (Lipinski definition) is 2. The van der Waals surface area contributed by atoms with Crippen molar-refractivity contribution in [1.82, 2.24) is 10.2 Å². The maximum atomic E-state index is 11.5. The van der Waals surface area contributed by atoms with Gasteiger partial charge in [0.25, 0.3) is 0 Å². The molecule has 0 unspecified atom stereocenters. The van der Waals surface area contributed by atoms with Crippen LogP contribution in [-0.2, 0) is 0 Å². The van der Waals surface area contributed by atoms with E-state index >= 15 is 0 Å². The van der Waals surface area contributed by atoms with Gasteiger partial charge in [0.15, 0.2) is 5.78 Å². The summed E-state index contributed by atoms with van der Waals surface area (Å²) in [7, 11) is 0. The Hall–Kier alpha value is -1.12. The van der Waals surface area contributed by atoms with Crippen molar-refractivity contribution in [1.29, 1.82) is 0 Å². The summed E-state index contributed by atoms with van der Waals surface area (Å²) in [6, 6.07) is 1.69. The lowest BCUT2D eigenvalue weighted by molar-refractivity contribution is 0.0853. The third kappa shape index (κ3) is 1.67. The van der Waals surface area contributed by atoms with Crippen LogP contribution in [0.4, 0.5) is 0 Å². The van der Waals surface area contributed by atoms with Gasteiger partial charge in [-0.15, -0.1) is 0 Å². The molecule has 1 aromatic rings. The van der Waals surface area contributed by atoms with Crippen LogP contribution in [0.15, 0.2) is 12.3 Å². The van der Waals surface area contributed by atoms with Crippen molar-refractivity contribution in [2.24, 2.45) is 5.41 Å². The summed E-state index contributed by atoms with van der Waals surface area (Å²) in [6.45, 7) is 5.66. The molecule has 1 N–H and O–H groups in total. The van der Waals surface area contributed by atoms with E-state index in [-0.39, 0.29) is 11.2 Å². The molecule has 1 aromatic heterocycles. The fraction of sp³-hybridized carbons (Fsp3) is 0.500. The highest BCUT2D eigenvalue weighted by Gasteiger charge is 2.23. The number of aromatic amines is 1. The van der Waals surface area contributed by atoms with Crippen LogP contribution in [-0.4, -0.2) is 16.0 Å². The average molecular weight is 152 g/mol. The smallest absolute Gasteiger partial charge is 0.185 e. The molecule has 11 heavy (non-hydrogen) atoms. The van der Waals surface area contributed by atoms with E-state index in [9.17, 15) is 4.79 Å². The van der Waals surface area contributed by atoms with E-state index in [1.807, 2.05) is 20.8 Å². The first-order valence-corrected chi connectivity index (χ1v) is 3.56. The maximum Gasteiger partial charge on any atom is 0.185 e. The molecule has 0 aromatic carbocycles. The zero-order chi connectivity index (χ0) is 8.48. The topological polar surface area (TPSA) is 45.8 Å². The third-order valence-corrected chi connectivity index (χ3v) is 1.43. The number of hydrogen-bond donors (Lipinski definition) is 1. The fourth-order valence-corrected chi connectivity index (χ4v) is 0.786. The second kappa shape index (κ2) is 2.49. The van der Waals surface area contributed by atoms with Gasteiger partial charge in [0.05, 0.1) is 0 Å². The first-order valence-electron chi connectivity index (χ1n) is 3.56. The summed E-state index contributed by atoms with van der Waals surface area (Å²) in [4.78, 5) is 11.5. The number of rotatable bonds is 1. The Labute approximate surface area is 65.8 Å². The predicted octanol–water partition coefficient (Wildman–Crippen LogP) is 1.64. The van der Waals surface area contributed by atoms with Crippen molar-refractivity contribution in [2.45, 2.75) is 20.8 Å². The van der Waals surface area contributed by atoms with Crippen molar-refractivity contribution in [3.8, 4) is 0 Å². The van der Waals surface area contributed by atoms with Gasteiger partial charge in [0, 0.05) is 11.6 Å². The number of aromatic nitrogens is 2. The molecule has 0 saturated carbocycles. The standard InChI is InChI=1S/C8H12N2O/c1-8(2,3)7(11)6-4-5-9-10-6/h4-5H,1-3H3,(H,9,10). The molecule has 3 heteroatoms. The van der Waals surface area contributed by atoms with Crippen LogP contribution in [0.5, 0.6) is 0 Å². The second-order valence-electron chi connectivity index (χ2n) is 3.55. The highest BCUT2D eigenvalue weighted by molar-refractivity contribution is 5.97. The zero-order valence-electron chi connectivity index (χ0n) is 7.01. The number of H-pyrrole nitrogens is 1. The Bertz CT molecular complexity index is 244. The summed E-state index contributed by atoms with van der Waals surface area (Å²) < 4.78 is 0. The Kier molecular flexibility index (Phi) is 1.81. The molecule has 60 valence electrons. The lowest BCUT2D eigenvalue weighted by Gasteiger charge is -2.14. The normalized spacial score (nSPS) is 11.5. The quantitative estimate of drug-likeness (QED) is 0.622. The van der Waals surface area contributed by atoms with Gasteiger partial charge in [-0.1, -0.05) is 20.8 Å². The SMILES string of the molecule is CC(C)(C)C(=O)c1ccn[nH]1. The van der Waals surface area contributed by atoms with Crippen LogP contribution in [0.1, 0.15) is 31.3 Å². The minimum atomic E-state index is -0.327. The van der Waals surface area contributed by atoms with Crippen LogP contribution in [0, 0.1) is 5.41 Å². The van der Waals surface area contributed by atoms with Crippen LogP contribution in [0.3, 0.4) is 0 Å². The van der Waals surface area contributed by atoms with E-state index in [1.165, 1.54) is 0 Å². The Morgan fingerprint density at radius 1 is 1.55 bits per heavy atom. The van der Waals surface area contributed by atoms with Crippen molar-refractivity contribution in [2.75, 3.05) is 0 Å². The van der Waals surface area contributed by atoms with Crippen LogP contribution >= 0.6 is 0 Å². The van der Waals surface area contributed by atoms with E-state index < -0.39 is 0 Å². The first-order chi connectivity index (χ1) is 5.02. The summed E-state index contributed by atoms with van der Waals surface area (Å²) in [6.07, 6.45) is 1.58. The highest BCUT2D eigenvalue weighted by atomic mass is 16.1. The highest BCUT2D eigenvalue weighted by Crippen LogP contribution is 2.18. The Morgan fingerprint density at radius 3 is 2.55 bits per heavy atom. The Morgan fingerprint density at radius 2 is 2.18 bits per heavy atom. The number of Topliss-reactive ketones (excluding diaryl/α,β-unsaturated/α-hetero) is 1. The summed E-state index contributed by atoms with van der Waals surface area (Å²) in [5.74, 6) is 0.0926. The van der Waals surface area contributed by atoms with Gasteiger partial charge in [0.1, 0.15) is 5.69 Å². The van der Waals surface area contributed by atoms with Gasteiger partial charge in [-0.2, -0.15) is 5.10 Å². The molecular weight excluding hydrogens is 140 g/mol. The third-order valence-electron chi connectivity index (χ3n) is 1.43. The molecule has 0 saturated heterocycles. The average Bonchev–Trinajstić information content (AvgIpc) is 2.34. The van der Waals surface area contributed by atoms with E-state index in [4.69, 9.17) is 0 Å². The van der Waals surface area contributed by atoms with Crippen molar-refractivity contribution < 1.29 is 4.79 Å². The van der Waals surface area contributed by atoms with E-state index in [0.29, 0.717) is 5.69 Å². The van der Waals surface area contributed by atoms with E-state index in [1.54, 1.807) is 12.3 Å². The van der Waals surface area contributed by atoms with E-state index in [0.717, 1.165) is 0 Å². The molecule has 0 atom stereocenters. The first kappa shape index (κ1) is 7.98. The molecular formula is C8H12N2O. The monoisotopic (exact) mass is 152 g/mol. The predicted molar refractivity (Wildman–Crippen MR) is 42.4 cm³/mol. The number of ketones is 1. The molecule has 3 nitrogen and oxygen atoms in total. The minimum absolute atomic E-state index is 0.0926. The van der Waals surface area contributed by atoms with Gasteiger partial charge in [-0.3, -0.25) is 9.89 Å². The van der Waals surface area contributed by atoms with Crippen LogP contribution < -0.4 is 0 Å². The van der Waals surface area contributed by atoms with E-state index in [2.05, 4.69) is 10.2 Å². The minimum Gasteiger partial charge on any atom is -0.292 e. The lowest BCUT2D eigenvalue weighted by atomic mass is 9.89. The molecule has 1 heterocycles. The number of nitrogens with one attached hydrogen (secondary N) is 1. The number of nitrogens with zero attached hydrogens (tertiary/aromatic N) is 1. The molecule has 0 amide bonds. The second-order valence-corrected chi connectivity index (χ2v) is 3.55. The van der Waals surface area contributed by atoms with Crippen molar-refractivity contribution in [3.63, 3.8) is 0 Å². The van der Waals surface area contributed by atoms with Gasteiger partial charge in [0.2, 0.25) is 0 Å². The fourth-order valence-electron chi connectivity index (χ4n) is 0.786. The largest absolute Gasteiger partial charge is 0.292 e. The van der Waals surface area contributed by atoms with Crippen molar-refractivity contribution >= 4 is 5.78 Å². The van der Waals surface area contributed by atoms with Crippen molar-refractivity contribution in [3.05, 3.63) is 18.0 Å². The number of carbonyl (C=O) groups is 1.